The number of hydrogen-bond donors (Lipinski definition) is 1. The van der Waals surface area contributed by atoms with Crippen molar-refractivity contribution in [3.05, 3.63) is 65.5 Å². The highest BCUT2D eigenvalue weighted by Crippen LogP contribution is 2.36. The number of nitrogens with zero attached hydrogens (tertiary/aromatic N) is 2. The molecule has 0 bridgehead atoms. The molecule has 0 amide bonds. The molecule has 1 aliphatic heterocycles. The van der Waals surface area contributed by atoms with Crippen molar-refractivity contribution >= 4 is 10.0 Å². The molecule has 124 valence electrons. The van der Waals surface area contributed by atoms with E-state index in [0.717, 1.165) is 0 Å². The first-order valence-corrected chi connectivity index (χ1v) is 8.81. The van der Waals surface area contributed by atoms with Crippen molar-refractivity contribution in [3.63, 3.8) is 0 Å². The predicted octanol–water partition coefficient (Wildman–Crippen LogP) is 2.19. The monoisotopic (exact) mass is 346 g/mol. The molecule has 0 saturated carbocycles. The van der Waals surface area contributed by atoms with E-state index in [2.05, 4.69) is 0 Å². The zero-order valence-electron chi connectivity index (χ0n) is 12.6. The van der Waals surface area contributed by atoms with Crippen molar-refractivity contribution in [2.45, 2.75) is 23.5 Å². The van der Waals surface area contributed by atoms with Crippen LogP contribution in [0.4, 0.5) is 4.39 Å². The number of halogens is 1. The Bertz CT molecular complexity index is 891. The quantitative estimate of drug-likeness (QED) is 0.924. The maximum absolute atomic E-state index is 13.1. The van der Waals surface area contributed by atoms with Crippen LogP contribution >= 0.6 is 0 Å². The van der Waals surface area contributed by atoms with Crippen molar-refractivity contribution in [1.82, 2.24) is 4.31 Å². The van der Waals surface area contributed by atoms with Gasteiger partial charge in [0.1, 0.15) is 5.82 Å². The summed E-state index contributed by atoms with van der Waals surface area (Å²) in [5.74, 6) is -0.409. The molecule has 0 unspecified atom stereocenters. The Kier molecular flexibility index (Phi) is 4.37. The third-order valence-electron chi connectivity index (χ3n) is 4.06. The lowest BCUT2D eigenvalue weighted by Crippen LogP contribution is -2.32. The molecule has 2 aromatic rings. The predicted molar refractivity (Wildman–Crippen MR) is 84.8 cm³/mol. The highest BCUT2D eigenvalue weighted by atomic mass is 32.2. The normalized spacial score (nSPS) is 21.5. The van der Waals surface area contributed by atoms with Gasteiger partial charge in [-0.1, -0.05) is 18.2 Å². The summed E-state index contributed by atoms with van der Waals surface area (Å²) in [4.78, 5) is 0.00256. The van der Waals surface area contributed by atoms with E-state index in [0.29, 0.717) is 5.56 Å². The molecule has 1 N–H and O–H groups in total. The van der Waals surface area contributed by atoms with Crippen LogP contribution in [0, 0.1) is 17.1 Å². The standard InChI is InChI=1S/C17H15FN2O3S/c18-14-6-4-13(5-7-14)17-9-15(21)11-20(17)24(22,23)16-3-1-2-12(8-16)10-19/h1-8,15,17,21H,9,11H2/t15-,17-/m1/s1. The van der Waals surface area contributed by atoms with E-state index in [1.165, 1.54) is 52.8 Å². The second kappa shape index (κ2) is 6.32. The molecular weight excluding hydrogens is 331 g/mol. The molecule has 5 nitrogen and oxygen atoms in total. The first kappa shape index (κ1) is 16.6. The number of nitriles is 1. The van der Waals surface area contributed by atoms with Gasteiger partial charge in [0, 0.05) is 6.54 Å². The minimum absolute atomic E-state index is 0.00256. The molecule has 2 aromatic carbocycles. The van der Waals surface area contributed by atoms with Gasteiger partial charge < -0.3 is 5.11 Å². The number of rotatable bonds is 3. The zero-order valence-corrected chi connectivity index (χ0v) is 13.4. The minimum Gasteiger partial charge on any atom is -0.392 e. The molecule has 7 heteroatoms. The second-order valence-corrected chi connectivity index (χ2v) is 7.56. The molecular formula is C17H15FN2O3S. The summed E-state index contributed by atoms with van der Waals surface area (Å²) >= 11 is 0. The molecule has 3 rings (SSSR count). The lowest BCUT2D eigenvalue weighted by molar-refractivity contribution is 0.188. The summed E-state index contributed by atoms with van der Waals surface area (Å²) in [6, 6.07) is 12.7. The summed E-state index contributed by atoms with van der Waals surface area (Å²) < 4.78 is 40.2. The van der Waals surface area contributed by atoms with Crippen LogP contribution in [0.15, 0.2) is 53.4 Å². The number of sulfonamides is 1. The van der Waals surface area contributed by atoms with E-state index in [1.807, 2.05) is 6.07 Å². The van der Waals surface area contributed by atoms with E-state index >= 15 is 0 Å². The third-order valence-corrected chi connectivity index (χ3v) is 5.93. The van der Waals surface area contributed by atoms with E-state index in [-0.39, 0.29) is 23.4 Å². The fourth-order valence-electron chi connectivity index (χ4n) is 2.90. The summed E-state index contributed by atoms with van der Waals surface area (Å²) in [7, 11) is -3.88. The largest absolute Gasteiger partial charge is 0.392 e. The maximum Gasteiger partial charge on any atom is 0.243 e. The van der Waals surface area contributed by atoms with Crippen LogP contribution in [-0.4, -0.2) is 30.5 Å². The van der Waals surface area contributed by atoms with Crippen LogP contribution in [0.25, 0.3) is 0 Å². The van der Waals surface area contributed by atoms with Crippen molar-refractivity contribution in [2.75, 3.05) is 6.54 Å². The van der Waals surface area contributed by atoms with Crippen molar-refractivity contribution in [2.24, 2.45) is 0 Å². The van der Waals surface area contributed by atoms with Gasteiger partial charge in [-0.05, 0) is 42.3 Å². The van der Waals surface area contributed by atoms with Gasteiger partial charge in [-0.3, -0.25) is 0 Å². The van der Waals surface area contributed by atoms with Gasteiger partial charge in [0.25, 0.3) is 0 Å². The minimum atomic E-state index is -3.88. The zero-order chi connectivity index (χ0) is 17.3. The molecule has 0 spiro atoms. The van der Waals surface area contributed by atoms with Crippen molar-refractivity contribution in [3.8, 4) is 6.07 Å². The first-order chi connectivity index (χ1) is 11.4. The van der Waals surface area contributed by atoms with Crippen LogP contribution in [0.3, 0.4) is 0 Å². The van der Waals surface area contributed by atoms with Gasteiger partial charge in [0.05, 0.1) is 28.7 Å². The summed E-state index contributed by atoms with van der Waals surface area (Å²) in [6.07, 6.45) is -0.558. The number of aliphatic hydroxyl groups excluding tert-OH is 1. The van der Waals surface area contributed by atoms with E-state index in [9.17, 15) is 17.9 Å². The Morgan fingerprint density at radius 1 is 1.21 bits per heavy atom. The number of β-amino-alcohol motifs (C(OH)–C–C–N with tert-alkyl or cyclic N) is 1. The Morgan fingerprint density at radius 3 is 2.58 bits per heavy atom. The highest BCUT2D eigenvalue weighted by molar-refractivity contribution is 7.89. The lowest BCUT2D eigenvalue weighted by Gasteiger charge is -2.24. The Labute approximate surface area is 139 Å². The molecule has 1 saturated heterocycles. The second-order valence-electron chi connectivity index (χ2n) is 5.67. The van der Waals surface area contributed by atoms with Gasteiger partial charge in [-0.25, -0.2) is 12.8 Å². The smallest absolute Gasteiger partial charge is 0.243 e. The number of benzene rings is 2. The van der Waals surface area contributed by atoms with E-state index in [4.69, 9.17) is 5.26 Å². The number of aliphatic hydroxyl groups is 1. The van der Waals surface area contributed by atoms with E-state index in [1.54, 1.807) is 0 Å². The van der Waals surface area contributed by atoms with Gasteiger partial charge in [-0.2, -0.15) is 9.57 Å². The fourth-order valence-corrected chi connectivity index (χ4v) is 4.61. The highest BCUT2D eigenvalue weighted by Gasteiger charge is 2.40. The Morgan fingerprint density at radius 2 is 1.92 bits per heavy atom. The molecule has 0 aliphatic carbocycles. The third kappa shape index (κ3) is 3.04. The van der Waals surface area contributed by atoms with Gasteiger partial charge in [-0.15, -0.1) is 0 Å². The van der Waals surface area contributed by atoms with Crippen LogP contribution in [0.1, 0.15) is 23.6 Å². The summed E-state index contributed by atoms with van der Waals surface area (Å²) in [6.45, 7) is -0.0405. The molecule has 24 heavy (non-hydrogen) atoms. The molecule has 1 heterocycles. The summed E-state index contributed by atoms with van der Waals surface area (Å²) in [5, 5.41) is 18.9. The van der Waals surface area contributed by atoms with Gasteiger partial charge >= 0.3 is 0 Å². The Hall–Kier alpha value is -2.27. The molecule has 1 aliphatic rings. The van der Waals surface area contributed by atoms with Crippen LogP contribution in [0.2, 0.25) is 0 Å². The number of hydrogen-bond acceptors (Lipinski definition) is 4. The van der Waals surface area contributed by atoms with Gasteiger partial charge in [0.2, 0.25) is 10.0 Å². The van der Waals surface area contributed by atoms with Gasteiger partial charge in [0.15, 0.2) is 0 Å². The lowest BCUT2D eigenvalue weighted by atomic mass is 10.0. The molecule has 2 atom stereocenters. The average molecular weight is 346 g/mol. The SMILES string of the molecule is N#Cc1cccc(S(=O)(=O)N2C[C@H](O)C[C@@H]2c2ccc(F)cc2)c1. The fraction of sp³-hybridized carbons (Fsp3) is 0.235. The molecule has 0 radical (unpaired) electrons. The van der Waals surface area contributed by atoms with Crippen molar-refractivity contribution in [1.29, 1.82) is 5.26 Å². The Balaban J connectivity index is 2.01. The maximum atomic E-state index is 13.1. The molecule has 1 fully saturated rings. The van der Waals surface area contributed by atoms with Crippen LogP contribution in [0.5, 0.6) is 0 Å². The van der Waals surface area contributed by atoms with E-state index < -0.39 is 28.0 Å². The molecule has 0 aromatic heterocycles. The van der Waals surface area contributed by atoms with Crippen LogP contribution < -0.4 is 0 Å². The summed E-state index contributed by atoms with van der Waals surface area (Å²) in [5.41, 5.74) is 0.863. The first-order valence-electron chi connectivity index (χ1n) is 7.37. The average Bonchev–Trinajstić information content (AvgIpc) is 2.98. The topological polar surface area (TPSA) is 81.4 Å². The van der Waals surface area contributed by atoms with Crippen LogP contribution in [-0.2, 0) is 10.0 Å². The van der Waals surface area contributed by atoms with Crippen molar-refractivity contribution < 1.29 is 17.9 Å².